The van der Waals surface area contributed by atoms with Gasteiger partial charge in [-0.1, -0.05) is 27.7 Å². The Kier molecular flexibility index (Phi) is 16.1. The van der Waals surface area contributed by atoms with Gasteiger partial charge in [0.15, 0.2) is 30.9 Å². The molecule has 0 amide bonds. The van der Waals surface area contributed by atoms with Gasteiger partial charge in [-0.2, -0.15) is 0 Å². The highest BCUT2D eigenvalue weighted by atomic mass is 16.8. The van der Waals surface area contributed by atoms with Crippen LogP contribution in [0.1, 0.15) is 85.5 Å². The van der Waals surface area contributed by atoms with Gasteiger partial charge in [0.25, 0.3) is 0 Å². The molecule has 0 aromatic heterocycles. The minimum Gasteiger partial charge on any atom is -0.394 e. The third-order valence-electron chi connectivity index (χ3n) is 20.0. The van der Waals surface area contributed by atoms with Gasteiger partial charge in [0.05, 0.1) is 51.3 Å². The molecule has 420 valence electrons. The van der Waals surface area contributed by atoms with E-state index in [2.05, 4.69) is 27.7 Å². The first-order chi connectivity index (χ1) is 34.7. The Labute approximate surface area is 424 Å². The molecule has 10 rings (SSSR count). The van der Waals surface area contributed by atoms with E-state index in [1.807, 2.05) is 0 Å². The second-order valence-electron chi connectivity index (χ2n) is 24.0. The van der Waals surface area contributed by atoms with Gasteiger partial charge in [-0.3, -0.25) is 0 Å². The molecule has 73 heavy (non-hydrogen) atoms. The van der Waals surface area contributed by atoms with E-state index in [4.69, 9.17) is 47.4 Å². The molecule has 23 heteroatoms. The lowest BCUT2D eigenvalue weighted by molar-refractivity contribution is -0.404. The van der Waals surface area contributed by atoms with E-state index < -0.39 is 155 Å². The summed E-state index contributed by atoms with van der Waals surface area (Å²) in [6.07, 6.45) is -26.4. The first kappa shape index (κ1) is 55.4. The Balaban J connectivity index is 0.818. The van der Waals surface area contributed by atoms with Gasteiger partial charge in [-0.15, -0.1) is 0 Å². The highest BCUT2D eigenvalue weighted by Crippen LogP contribution is 2.71. The summed E-state index contributed by atoms with van der Waals surface area (Å²) < 4.78 is 61.1. The molecular weight excluding hydrogens is 969 g/mol. The maximum absolute atomic E-state index is 12.2. The van der Waals surface area contributed by atoms with Gasteiger partial charge >= 0.3 is 0 Å². The van der Waals surface area contributed by atoms with Gasteiger partial charge in [0, 0.05) is 18.3 Å². The summed E-state index contributed by atoms with van der Waals surface area (Å²) in [7, 11) is 0. The predicted molar refractivity (Wildman–Crippen MR) is 244 cm³/mol. The van der Waals surface area contributed by atoms with Gasteiger partial charge in [-0.25, -0.2) is 0 Å². The fraction of sp³-hybridized carbons (Fsp3) is 1.00. The maximum atomic E-state index is 12.2. The highest BCUT2D eigenvalue weighted by molar-refractivity contribution is 5.18. The van der Waals surface area contributed by atoms with Crippen LogP contribution in [0.5, 0.6) is 0 Å². The average Bonchev–Trinajstić information content (AvgIpc) is 3.79. The van der Waals surface area contributed by atoms with Crippen LogP contribution >= 0.6 is 0 Å². The van der Waals surface area contributed by atoms with Crippen molar-refractivity contribution in [2.24, 2.45) is 52.3 Å². The Morgan fingerprint density at radius 2 is 1.12 bits per heavy atom. The summed E-state index contributed by atoms with van der Waals surface area (Å²) in [4.78, 5) is 0. The topological polar surface area (TPSA) is 355 Å². The van der Waals surface area contributed by atoms with Crippen LogP contribution in [-0.2, 0) is 47.4 Å². The van der Waals surface area contributed by atoms with E-state index in [0.29, 0.717) is 37.2 Å². The van der Waals surface area contributed by atoms with Crippen molar-refractivity contribution in [3.63, 3.8) is 0 Å². The smallest absolute Gasteiger partial charge is 0.187 e. The zero-order valence-corrected chi connectivity index (χ0v) is 42.0. The first-order valence-electron chi connectivity index (χ1n) is 26.8. The quantitative estimate of drug-likeness (QED) is 0.0902. The summed E-state index contributed by atoms with van der Waals surface area (Å²) in [5, 5.41) is 142. The van der Waals surface area contributed by atoms with Crippen LogP contribution in [-0.4, -0.2) is 240 Å². The third-order valence-corrected chi connectivity index (χ3v) is 20.0. The van der Waals surface area contributed by atoms with Crippen molar-refractivity contribution >= 4 is 0 Å². The van der Waals surface area contributed by atoms with E-state index in [9.17, 15) is 66.4 Å². The Morgan fingerprint density at radius 1 is 0.507 bits per heavy atom. The van der Waals surface area contributed by atoms with Crippen molar-refractivity contribution in [2.45, 2.75) is 226 Å². The lowest BCUT2D eigenvalue weighted by Gasteiger charge is -2.61. The molecule has 13 N–H and O–H groups in total. The average molecular weight is 1050 g/mol. The molecule has 6 heterocycles. The van der Waals surface area contributed by atoms with Crippen LogP contribution < -0.4 is 0 Å². The number of ether oxygens (including phenoxy) is 10. The number of hydrogen-bond acceptors (Lipinski definition) is 23. The molecule has 6 aliphatic heterocycles. The van der Waals surface area contributed by atoms with E-state index in [1.165, 1.54) is 0 Å². The fourth-order valence-corrected chi connectivity index (χ4v) is 15.9. The number of hydrogen-bond donors (Lipinski definition) is 13. The van der Waals surface area contributed by atoms with Gasteiger partial charge < -0.3 is 114 Å². The van der Waals surface area contributed by atoms with Gasteiger partial charge in [0.2, 0.25) is 0 Å². The predicted octanol–water partition coefficient (Wildman–Crippen LogP) is -3.30. The molecule has 10 aliphatic rings. The Morgan fingerprint density at radius 3 is 1.82 bits per heavy atom. The summed E-state index contributed by atoms with van der Waals surface area (Å²) in [6.45, 7) is 6.90. The minimum absolute atomic E-state index is 0.0337. The van der Waals surface area contributed by atoms with Crippen molar-refractivity contribution in [3.8, 4) is 0 Å². The fourth-order valence-electron chi connectivity index (χ4n) is 15.9. The summed E-state index contributed by atoms with van der Waals surface area (Å²) in [5.41, 5.74) is -0.111. The second kappa shape index (κ2) is 21.3. The number of aliphatic hydroxyl groups excluding tert-OH is 13. The van der Waals surface area contributed by atoms with Crippen molar-refractivity contribution in [2.75, 3.05) is 33.0 Å². The Hall–Kier alpha value is -0.920. The second-order valence-corrected chi connectivity index (χ2v) is 24.0. The van der Waals surface area contributed by atoms with Crippen molar-refractivity contribution in [1.82, 2.24) is 0 Å². The molecule has 0 unspecified atom stereocenters. The molecule has 0 aromatic rings. The van der Waals surface area contributed by atoms with Crippen molar-refractivity contribution in [1.29, 1.82) is 0 Å². The zero-order chi connectivity index (χ0) is 52.2. The van der Waals surface area contributed by atoms with Gasteiger partial charge in [0.1, 0.15) is 91.6 Å². The van der Waals surface area contributed by atoms with E-state index in [1.54, 1.807) is 0 Å². The molecule has 4 aliphatic carbocycles. The van der Waals surface area contributed by atoms with Crippen LogP contribution in [0.4, 0.5) is 0 Å². The number of fused-ring (bicyclic) bond motifs is 7. The molecule has 23 nitrogen and oxygen atoms in total. The lowest BCUT2D eigenvalue weighted by Crippen LogP contribution is -2.68. The number of aliphatic hydroxyl groups is 13. The minimum atomic E-state index is -2.01. The highest BCUT2D eigenvalue weighted by Gasteiger charge is 2.72. The SMILES string of the molecule is C[C@@H]1CC[C@@]2(OC1)O[C@H]1[C@H](O)[C@@H]3[C@@H]4CC[C@H]5C[C@@H](O[C@@H]6O[C@H](CO)[C@H](O[C@@H]7O[C@H](CO)[C@@H](O)[C@H](O[C@@H]8OC[C@@H](O)[C@H](O)[C@H]8O)[C@H]7O[C@@H]7O[C@H](CO)[C@@H](O)[C@H](O)[C@H]7O)[C@H](O)[C@H]6O)CC[C@]5(C)[C@H]4CC[C@]3(C)[C@H]1[C@@H]2C. The molecule has 0 radical (unpaired) electrons. The molecule has 4 saturated carbocycles. The number of rotatable bonds is 11. The van der Waals surface area contributed by atoms with E-state index >= 15 is 0 Å². The largest absolute Gasteiger partial charge is 0.394 e. The summed E-state index contributed by atoms with van der Waals surface area (Å²) >= 11 is 0. The monoisotopic (exact) mass is 1050 g/mol. The maximum Gasteiger partial charge on any atom is 0.187 e. The van der Waals surface area contributed by atoms with E-state index in [-0.39, 0.29) is 46.7 Å². The van der Waals surface area contributed by atoms with Crippen LogP contribution in [0, 0.1) is 52.3 Å². The van der Waals surface area contributed by atoms with Crippen molar-refractivity contribution < 1.29 is 114 Å². The van der Waals surface area contributed by atoms with Crippen LogP contribution in [0.25, 0.3) is 0 Å². The lowest BCUT2D eigenvalue weighted by atomic mass is 9.44. The standard InChI is InChI=1S/C50H82O23/c1-19-7-12-50(65-17-19)20(2)29-41(73-50)34(58)30-23-6-5-21-13-22(8-10-48(21,3)24(23)9-11-49(29,30)4)66-45-39(63)36(60)40(28(16-53)69-45)70-47-43(72-46-38(62)35(59)32(56)26(14-51)67-46)42(33(57)27(15-52)68-47)71-44-37(61)31(55)25(54)18-64-44/h19-47,51-63H,5-18H2,1-4H3/t19-,20+,21+,22+,23-,24+,25-,26-,27-,28-,29+,30+,31+,32-,33-,34-,35+,36-,37-,38-,39-,40+,41-,42+,43-,44+,45-,46+,47+,48+,49-,50-/m1/s1. The molecular formula is C50H82O23. The molecule has 0 bridgehead atoms. The molecule has 32 atom stereocenters. The van der Waals surface area contributed by atoms with Crippen LogP contribution in [0.3, 0.4) is 0 Å². The molecule has 10 fully saturated rings. The molecule has 0 aromatic carbocycles. The first-order valence-corrected chi connectivity index (χ1v) is 26.8. The van der Waals surface area contributed by atoms with Crippen LogP contribution in [0.15, 0.2) is 0 Å². The summed E-state index contributed by atoms with van der Waals surface area (Å²) in [5.74, 6) is 1.35. The summed E-state index contributed by atoms with van der Waals surface area (Å²) in [6, 6.07) is 0. The Bertz CT molecular complexity index is 1860. The van der Waals surface area contributed by atoms with Crippen molar-refractivity contribution in [3.05, 3.63) is 0 Å². The molecule has 6 saturated heterocycles. The van der Waals surface area contributed by atoms with E-state index in [0.717, 1.165) is 44.9 Å². The van der Waals surface area contributed by atoms with Gasteiger partial charge in [-0.05, 0) is 91.8 Å². The normalized spacial score (nSPS) is 58.2. The third kappa shape index (κ3) is 9.39. The van der Waals surface area contributed by atoms with Crippen LogP contribution in [0.2, 0.25) is 0 Å². The molecule has 1 spiro atoms. The zero-order valence-electron chi connectivity index (χ0n) is 42.0.